The van der Waals surface area contributed by atoms with Crippen LogP contribution in [0.15, 0.2) is 309 Å². The number of nitrogens with zero attached hydrogens (tertiary/aromatic N) is 2. The van der Waals surface area contributed by atoms with Gasteiger partial charge in [-0.3, -0.25) is 14.4 Å². The number of Topliss-reactive ketones (excluding diaryl/α,β-unsaturated/α-hetero) is 3. The standard InChI is InChI=1S/C17H18N2.C15H12O2.C14H14O2.C14H12O2.C14H12O.C12H14O.C8H10O.CH4/c1-12-3-5-14-9-19-11-18(16(14)7-12)10-15-6-4-13(2)8-17(15)19;16-13-10-15(11-6-2-1-3-7-11)17-14-9-5-4-8-12(13)14;1-9-5-3-7-11(15)13(9)14-10(2)6-4-8-12(14)16;15-13(11-7-3-1-4-8-11)14(16)12-9-5-2-6-10-12;1-3-7-11(8-4-1)13-14(15-13)12-9-5-2-6-10-12;13-12-9-5-4-8-11(12)10-6-2-1-3-7-10;1-7(9)8-5-3-2-4-6-8;/h3-8H,9-11H2,1-2H3;1-9,15H,10H2;3-8,15-16H,1-2H3;1-10,13,15H;1-10,13-14H;1-3,6-7,11H,4-5,8-9H2;2-7,9H,1H3;1H4. The van der Waals surface area contributed by atoms with Crippen LogP contribution in [0.1, 0.15) is 170 Å². The minimum atomic E-state index is -1.08. The van der Waals surface area contributed by atoms with Crippen molar-refractivity contribution in [1.82, 2.24) is 0 Å². The van der Waals surface area contributed by atoms with Crippen LogP contribution in [0.2, 0.25) is 0 Å². The number of aromatic hydroxyl groups is 2. The fourth-order valence-corrected chi connectivity index (χ4v) is 13.5. The molecule has 5 aliphatic rings. The highest BCUT2D eigenvalue weighted by Gasteiger charge is 2.41. The lowest BCUT2D eigenvalue weighted by Crippen LogP contribution is -2.46. The normalized spacial score (nSPS) is 16.5. The first kappa shape index (κ1) is 77.2. The van der Waals surface area contributed by atoms with Gasteiger partial charge >= 0.3 is 0 Å². The number of para-hydroxylation sites is 1. The molecular weight excluding hydrogens is 1310 g/mol. The molecule has 11 nitrogen and oxygen atoms in total. The van der Waals surface area contributed by atoms with Crippen LogP contribution in [0.25, 0.3) is 11.1 Å². The molecule has 11 heteroatoms. The second kappa shape index (κ2) is 37.8. The number of anilines is 2. The predicted octanol–water partition coefficient (Wildman–Crippen LogP) is 21.8. The minimum absolute atomic E-state index is 0. The number of hydrogen-bond donors (Lipinski definition) is 4. The number of epoxide rings is 1. The molecule has 2 bridgehead atoms. The van der Waals surface area contributed by atoms with E-state index >= 15 is 0 Å². The number of hydrogen-bond acceptors (Lipinski definition) is 11. The van der Waals surface area contributed by atoms with Gasteiger partial charge in [0.05, 0.1) is 24.8 Å². The summed E-state index contributed by atoms with van der Waals surface area (Å²) >= 11 is 0. The summed E-state index contributed by atoms with van der Waals surface area (Å²) in [6.07, 6.45) is 3.47. The molecule has 6 unspecified atom stereocenters. The Kier molecular flexibility index (Phi) is 27.5. The van der Waals surface area contributed by atoms with E-state index in [2.05, 4.69) is 121 Å². The first-order valence-corrected chi connectivity index (χ1v) is 36.1. The Morgan fingerprint density at radius 3 is 1.34 bits per heavy atom. The summed E-state index contributed by atoms with van der Waals surface area (Å²) in [4.78, 5) is 40.5. The van der Waals surface area contributed by atoms with Crippen molar-refractivity contribution >= 4 is 28.7 Å². The highest BCUT2D eigenvalue weighted by Crippen LogP contribution is 2.51. The van der Waals surface area contributed by atoms with Gasteiger partial charge < -0.3 is 39.7 Å². The van der Waals surface area contributed by atoms with E-state index in [1.54, 1.807) is 79.7 Å². The zero-order chi connectivity index (χ0) is 73.6. The fourth-order valence-electron chi connectivity index (χ4n) is 13.5. The van der Waals surface area contributed by atoms with Crippen molar-refractivity contribution in [2.75, 3.05) is 16.5 Å². The summed E-state index contributed by atoms with van der Waals surface area (Å²) in [5.41, 5.74) is 19.3. The van der Waals surface area contributed by atoms with Gasteiger partial charge in [0.25, 0.3) is 0 Å². The maximum absolute atomic E-state index is 12.0. The van der Waals surface area contributed by atoms with Crippen molar-refractivity contribution in [3.8, 4) is 28.4 Å². The van der Waals surface area contributed by atoms with Crippen molar-refractivity contribution in [3.05, 3.63) is 387 Å². The summed E-state index contributed by atoms with van der Waals surface area (Å²) in [5, 5.41) is 38.7. The van der Waals surface area contributed by atoms with Crippen molar-refractivity contribution in [1.29, 1.82) is 0 Å². The zero-order valence-corrected chi connectivity index (χ0v) is 60.3. The van der Waals surface area contributed by atoms with Gasteiger partial charge in [-0.05, 0) is 151 Å². The molecule has 540 valence electrons. The monoisotopic (exact) mass is 1410 g/mol. The number of benzene rings is 12. The number of carbonyl (C=O) groups excluding carboxylic acids is 3. The van der Waals surface area contributed by atoms with Crippen LogP contribution < -0.4 is 14.5 Å². The number of carbonyl (C=O) groups is 3. The lowest BCUT2D eigenvalue weighted by atomic mass is 9.83. The summed E-state index contributed by atoms with van der Waals surface area (Å²) in [7, 11) is 0. The largest absolute Gasteiger partial charge is 0.507 e. The third-order valence-corrected chi connectivity index (χ3v) is 19.2. The number of aliphatic hydroxyl groups is 2. The highest BCUT2D eigenvalue weighted by atomic mass is 16.6. The molecule has 1 aliphatic carbocycles. The van der Waals surface area contributed by atoms with Gasteiger partial charge in [0, 0.05) is 53.5 Å². The lowest BCUT2D eigenvalue weighted by molar-refractivity contribution is -0.121. The minimum Gasteiger partial charge on any atom is -0.507 e. The van der Waals surface area contributed by atoms with E-state index in [0.29, 0.717) is 45.8 Å². The molecule has 4 N–H and O–H groups in total. The van der Waals surface area contributed by atoms with Gasteiger partial charge in [0.1, 0.15) is 47.4 Å². The first-order chi connectivity index (χ1) is 51.1. The number of ketones is 3. The maximum Gasteiger partial charge on any atom is 0.195 e. The van der Waals surface area contributed by atoms with Crippen molar-refractivity contribution in [3.63, 3.8) is 0 Å². The Morgan fingerprint density at radius 1 is 0.462 bits per heavy atom. The van der Waals surface area contributed by atoms with E-state index in [-0.39, 0.29) is 60.8 Å². The summed E-state index contributed by atoms with van der Waals surface area (Å²) in [6, 6.07) is 99.9. The molecule has 1 saturated heterocycles. The van der Waals surface area contributed by atoms with Crippen LogP contribution in [0.3, 0.4) is 0 Å². The number of aliphatic hydroxyl groups excluding tert-OH is 2. The summed E-state index contributed by atoms with van der Waals surface area (Å²) < 4.78 is 11.6. The van der Waals surface area contributed by atoms with Crippen LogP contribution in [0.4, 0.5) is 11.4 Å². The molecule has 0 spiro atoms. The van der Waals surface area contributed by atoms with Gasteiger partial charge in [-0.2, -0.15) is 0 Å². The second-order valence-corrected chi connectivity index (χ2v) is 27.0. The Balaban J connectivity index is 0.000000133. The average Bonchev–Trinajstić information content (AvgIpc) is 0.988. The molecule has 4 heterocycles. The molecular formula is C95H96N2O9. The molecule has 2 fully saturated rings. The molecule has 1 saturated carbocycles. The number of phenols is 2. The van der Waals surface area contributed by atoms with Gasteiger partial charge in [-0.1, -0.05) is 287 Å². The molecule has 12 aromatic carbocycles. The summed E-state index contributed by atoms with van der Waals surface area (Å²) in [6.45, 7) is 13.0. The smallest absolute Gasteiger partial charge is 0.195 e. The van der Waals surface area contributed by atoms with Gasteiger partial charge in [-0.25, -0.2) is 0 Å². The van der Waals surface area contributed by atoms with Crippen LogP contribution in [0.5, 0.6) is 17.2 Å². The topological polar surface area (TPSA) is 160 Å². The van der Waals surface area contributed by atoms with E-state index in [9.17, 15) is 29.7 Å². The van der Waals surface area contributed by atoms with Crippen LogP contribution in [0, 0.1) is 27.7 Å². The molecule has 0 amide bonds. The van der Waals surface area contributed by atoms with Gasteiger partial charge in [-0.15, -0.1) is 0 Å². The highest BCUT2D eigenvalue weighted by molar-refractivity contribution is 6.00. The van der Waals surface area contributed by atoms with Crippen LogP contribution >= 0.6 is 0 Å². The third-order valence-electron chi connectivity index (χ3n) is 19.2. The fraction of sp³-hybridized carbons (Fsp3) is 0.211. The van der Waals surface area contributed by atoms with Crippen molar-refractivity contribution in [2.24, 2.45) is 0 Å². The summed E-state index contributed by atoms with van der Waals surface area (Å²) in [5.74, 6) is 1.59. The van der Waals surface area contributed by atoms with E-state index in [4.69, 9.17) is 14.6 Å². The molecule has 12 aromatic rings. The molecule has 6 atom stereocenters. The first-order valence-electron chi connectivity index (χ1n) is 36.1. The molecule has 0 radical (unpaired) electrons. The van der Waals surface area contributed by atoms with E-state index < -0.39 is 6.10 Å². The maximum atomic E-state index is 12.0. The number of aryl methyl sites for hydroxylation is 4. The lowest BCUT2D eigenvalue weighted by Gasteiger charge is -2.45. The second-order valence-electron chi connectivity index (χ2n) is 27.0. The Morgan fingerprint density at radius 2 is 0.887 bits per heavy atom. The average molecular weight is 1410 g/mol. The molecule has 17 rings (SSSR count). The van der Waals surface area contributed by atoms with E-state index in [1.807, 2.05) is 153 Å². The number of ether oxygens (including phenoxy) is 2. The van der Waals surface area contributed by atoms with E-state index in [1.165, 1.54) is 56.7 Å². The number of rotatable bonds is 9. The van der Waals surface area contributed by atoms with Crippen molar-refractivity contribution < 1.29 is 44.3 Å². The molecule has 0 aromatic heterocycles. The Bertz CT molecular complexity index is 4580. The van der Waals surface area contributed by atoms with Crippen molar-refractivity contribution in [2.45, 2.75) is 124 Å². The predicted molar refractivity (Wildman–Crippen MR) is 428 cm³/mol. The van der Waals surface area contributed by atoms with Gasteiger partial charge in [0.2, 0.25) is 0 Å². The zero-order valence-electron chi connectivity index (χ0n) is 60.3. The third kappa shape index (κ3) is 20.5. The Labute approximate surface area is 625 Å². The van der Waals surface area contributed by atoms with E-state index in [0.717, 1.165) is 61.3 Å². The van der Waals surface area contributed by atoms with Gasteiger partial charge in [0.15, 0.2) is 11.6 Å². The number of phenolic OH excluding ortho intramolecular Hbond substituents is 2. The van der Waals surface area contributed by atoms with Crippen LogP contribution in [-0.2, 0) is 22.6 Å². The molecule has 106 heavy (non-hydrogen) atoms. The van der Waals surface area contributed by atoms with Crippen LogP contribution in [-0.4, -0.2) is 44.4 Å². The number of fused-ring (bicyclic) bond motifs is 7. The SMILES string of the molecule is C.CC(O)c1ccccc1.Cc1ccc2c(c1)N1Cc3ccc(C)cc3N(C2)C1.Cc1cccc(O)c1-c1c(C)cccc1O.O=C(c1ccccc1)C(O)c1ccccc1.O=C1CC(c2ccccc2)Oc2ccccc21.O=C1CCCCC1c1ccccc1.c1ccc(C2OC2c2ccccc2)cc1. The quantitative estimate of drug-likeness (QED) is 0.0804. The molecule has 4 aliphatic heterocycles. The Hall–Kier alpha value is -11.5.